The summed E-state index contributed by atoms with van der Waals surface area (Å²) in [6.45, 7) is 2.57. The van der Waals surface area contributed by atoms with E-state index in [1.807, 2.05) is 61.5 Å². The molecule has 146 valence electrons. The van der Waals surface area contributed by atoms with Crippen LogP contribution in [0.15, 0.2) is 66.7 Å². The SMILES string of the molecule is CC[C@@H](Oc1ccc2ccccc2c1)C(=O)NCCSCc1cccc(Cl)c1. The summed E-state index contributed by atoms with van der Waals surface area (Å²) in [6.07, 6.45) is 0.132. The molecule has 0 aliphatic heterocycles. The van der Waals surface area contributed by atoms with E-state index in [-0.39, 0.29) is 5.91 Å². The Hall–Kier alpha value is -2.17. The fourth-order valence-electron chi connectivity index (χ4n) is 2.90. The summed E-state index contributed by atoms with van der Waals surface area (Å²) in [5, 5.41) is 5.99. The first-order valence-electron chi connectivity index (χ1n) is 9.41. The number of carbonyl (C=O) groups excluding carboxylic acids is 1. The highest BCUT2D eigenvalue weighted by Gasteiger charge is 2.17. The first-order chi connectivity index (χ1) is 13.7. The molecular weight excluding hydrogens is 390 g/mol. The van der Waals surface area contributed by atoms with Crippen molar-refractivity contribution in [2.45, 2.75) is 25.2 Å². The fourth-order valence-corrected chi connectivity index (χ4v) is 3.92. The van der Waals surface area contributed by atoms with Gasteiger partial charge in [-0.15, -0.1) is 0 Å². The summed E-state index contributed by atoms with van der Waals surface area (Å²) < 4.78 is 5.94. The Labute approximate surface area is 175 Å². The van der Waals surface area contributed by atoms with Crippen LogP contribution in [0.2, 0.25) is 5.02 Å². The van der Waals surface area contributed by atoms with Crippen LogP contribution in [0.25, 0.3) is 10.8 Å². The van der Waals surface area contributed by atoms with E-state index in [9.17, 15) is 4.79 Å². The number of fused-ring (bicyclic) bond motifs is 1. The molecule has 1 atom stereocenters. The molecule has 3 rings (SSSR count). The summed E-state index contributed by atoms with van der Waals surface area (Å²) in [4.78, 5) is 12.5. The topological polar surface area (TPSA) is 38.3 Å². The average molecular weight is 414 g/mol. The molecule has 0 aliphatic rings. The lowest BCUT2D eigenvalue weighted by molar-refractivity contribution is -0.127. The Morgan fingerprint density at radius 1 is 1.07 bits per heavy atom. The monoisotopic (exact) mass is 413 g/mol. The highest BCUT2D eigenvalue weighted by molar-refractivity contribution is 7.98. The van der Waals surface area contributed by atoms with E-state index >= 15 is 0 Å². The van der Waals surface area contributed by atoms with Crippen molar-refractivity contribution in [1.29, 1.82) is 0 Å². The average Bonchev–Trinajstić information content (AvgIpc) is 2.71. The van der Waals surface area contributed by atoms with Crippen LogP contribution in [0, 0.1) is 0 Å². The Kier molecular flexibility index (Phi) is 7.63. The molecule has 0 heterocycles. The van der Waals surface area contributed by atoms with Crippen LogP contribution in [-0.2, 0) is 10.5 Å². The lowest BCUT2D eigenvalue weighted by Gasteiger charge is -2.17. The minimum atomic E-state index is -0.487. The Bertz CT molecular complexity index is 931. The maximum Gasteiger partial charge on any atom is 0.261 e. The van der Waals surface area contributed by atoms with Crippen LogP contribution in [-0.4, -0.2) is 24.3 Å². The van der Waals surface area contributed by atoms with Gasteiger partial charge in [-0.3, -0.25) is 4.79 Å². The van der Waals surface area contributed by atoms with Gasteiger partial charge in [0, 0.05) is 23.1 Å². The number of thioether (sulfide) groups is 1. The van der Waals surface area contributed by atoms with E-state index in [1.54, 1.807) is 11.8 Å². The summed E-state index contributed by atoms with van der Waals surface area (Å²) in [5.74, 6) is 2.36. The van der Waals surface area contributed by atoms with Gasteiger partial charge in [-0.05, 0) is 47.0 Å². The summed E-state index contributed by atoms with van der Waals surface area (Å²) in [6, 6.07) is 21.9. The predicted octanol–water partition coefficient (Wildman–Crippen LogP) is 5.70. The van der Waals surface area contributed by atoms with E-state index in [2.05, 4.69) is 17.4 Å². The molecule has 3 nitrogen and oxygen atoms in total. The van der Waals surface area contributed by atoms with Gasteiger partial charge in [0.05, 0.1) is 0 Å². The zero-order valence-corrected chi connectivity index (χ0v) is 17.4. The minimum Gasteiger partial charge on any atom is -0.481 e. The molecule has 0 spiro atoms. The largest absolute Gasteiger partial charge is 0.481 e. The van der Waals surface area contributed by atoms with Gasteiger partial charge in [0.1, 0.15) is 5.75 Å². The van der Waals surface area contributed by atoms with Crippen molar-refractivity contribution in [2.24, 2.45) is 0 Å². The summed E-state index contributed by atoms with van der Waals surface area (Å²) >= 11 is 7.76. The second-order valence-corrected chi connectivity index (χ2v) is 8.04. The zero-order chi connectivity index (χ0) is 19.8. The molecule has 28 heavy (non-hydrogen) atoms. The molecule has 3 aromatic rings. The van der Waals surface area contributed by atoms with Crippen LogP contribution in [0.3, 0.4) is 0 Å². The van der Waals surface area contributed by atoms with Gasteiger partial charge in [-0.1, -0.05) is 61.0 Å². The van der Waals surface area contributed by atoms with E-state index in [0.717, 1.165) is 33.1 Å². The number of amides is 1. The van der Waals surface area contributed by atoms with Crippen LogP contribution in [0.5, 0.6) is 5.75 Å². The molecule has 1 amide bonds. The molecular formula is C23H24ClNO2S. The van der Waals surface area contributed by atoms with E-state index in [4.69, 9.17) is 16.3 Å². The van der Waals surface area contributed by atoms with Gasteiger partial charge >= 0.3 is 0 Å². The number of halogens is 1. The fraction of sp³-hybridized carbons (Fsp3) is 0.261. The normalized spacial score (nSPS) is 11.9. The van der Waals surface area contributed by atoms with Crippen molar-refractivity contribution >= 4 is 40.0 Å². The number of nitrogens with one attached hydrogen (secondary N) is 1. The van der Waals surface area contributed by atoms with Crippen molar-refractivity contribution < 1.29 is 9.53 Å². The van der Waals surface area contributed by atoms with Crippen LogP contribution in [0.1, 0.15) is 18.9 Å². The summed E-state index contributed by atoms with van der Waals surface area (Å²) in [7, 11) is 0. The standard InChI is InChI=1S/C23H24ClNO2S/c1-2-22(27-21-11-10-18-7-3-4-8-19(18)15-21)23(26)25-12-13-28-16-17-6-5-9-20(24)14-17/h3-11,14-15,22H,2,12-13,16H2,1H3,(H,25,26)/t22-/m1/s1. The van der Waals surface area contributed by atoms with E-state index < -0.39 is 6.10 Å². The van der Waals surface area contributed by atoms with Crippen molar-refractivity contribution in [3.63, 3.8) is 0 Å². The Balaban J connectivity index is 1.45. The third kappa shape index (κ3) is 5.91. The first-order valence-corrected chi connectivity index (χ1v) is 10.9. The second kappa shape index (κ2) is 10.4. The third-order valence-corrected chi connectivity index (χ3v) is 5.63. The minimum absolute atomic E-state index is 0.0704. The molecule has 0 radical (unpaired) electrons. The van der Waals surface area contributed by atoms with Crippen molar-refractivity contribution in [1.82, 2.24) is 5.32 Å². The lowest BCUT2D eigenvalue weighted by atomic mass is 10.1. The molecule has 0 fully saturated rings. The molecule has 0 aliphatic carbocycles. The highest BCUT2D eigenvalue weighted by Crippen LogP contribution is 2.22. The number of hydrogen-bond acceptors (Lipinski definition) is 3. The molecule has 0 aromatic heterocycles. The van der Waals surface area contributed by atoms with Gasteiger partial charge in [0.15, 0.2) is 6.10 Å². The molecule has 3 aromatic carbocycles. The lowest BCUT2D eigenvalue weighted by Crippen LogP contribution is -2.39. The highest BCUT2D eigenvalue weighted by atomic mass is 35.5. The predicted molar refractivity (Wildman–Crippen MR) is 119 cm³/mol. The van der Waals surface area contributed by atoms with Gasteiger partial charge in [-0.25, -0.2) is 0 Å². The van der Waals surface area contributed by atoms with Gasteiger partial charge in [-0.2, -0.15) is 11.8 Å². The maximum absolute atomic E-state index is 12.5. The molecule has 0 saturated carbocycles. The molecule has 0 saturated heterocycles. The quantitative estimate of drug-likeness (QED) is 0.457. The van der Waals surface area contributed by atoms with E-state index in [1.165, 1.54) is 5.56 Å². The molecule has 0 bridgehead atoms. The van der Waals surface area contributed by atoms with Crippen LogP contribution in [0.4, 0.5) is 0 Å². The molecule has 5 heteroatoms. The number of rotatable bonds is 9. The number of carbonyl (C=O) groups is 1. The number of benzene rings is 3. The smallest absolute Gasteiger partial charge is 0.261 e. The van der Waals surface area contributed by atoms with Crippen molar-refractivity contribution in [2.75, 3.05) is 12.3 Å². The Morgan fingerprint density at radius 3 is 2.68 bits per heavy atom. The van der Waals surface area contributed by atoms with Crippen molar-refractivity contribution in [3.05, 3.63) is 77.3 Å². The van der Waals surface area contributed by atoms with Crippen LogP contribution < -0.4 is 10.1 Å². The maximum atomic E-state index is 12.5. The third-order valence-electron chi connectivity index (χ3n) is 4.37. The molecule has 1 N–H and O–H groups in total. The number of hydrogen-bond donors (Lipinski definition) is 1. The zero-order valence-electron chi connectivity index (χ0n) is 15.9. The van der Waals surface area contributed by atoms with Crippen LogP contribution >= 0.6 is 23.4 Å². The van der Waals surface area contributed by atoms with Gasteiger partial charge < -0.3 is 10.1 Å². The Morgan fingerprint density at radius 2 is 1.89 bits per heavy atom. The first kappa shape index (κ1) is 20.6. The summed E-state index contributed by atoms with van der Waals surface area (Å²) in [5.41, 5.74) is 1.19. The van der Waals surface area contributed by atoms with E-state index in [0.29, 0.717) is 13.0 Å². The van der Waals surface area contributed by atoms with Crippen molar-refractivity contribution in [3.8, 4) is 5.75 Å². The number of ether oxygens (including phenoxy) is 1. The second-order valence-electron chi connectivity index (χ2n) is 6.50. The molecule has 0 unspecified atom stereocenters. The van der Waals surface area contributed by atoms with Gasteiger partial charge in [0.2, 0.25) is 0 Å². The van der Waals surface area contributed by atoms with Gasteiger partial charge in [0.25, 0.3) is 5.91 Å².